The number of thioether (sulfide) groups is 1. The third-order valence-corrected chi connectivity index (χ3v) is 4.91. The van der Waals surface area contributed by atoms with Crippen LogP contribution in [0.4, 0.5) is 5.82 Å². The number of nitrogens with zero attached hydrogens (tertiary/aromatic N) is 1. The van der Waals surface area contributed by atoms with Crippen molar-refractivity contribution >= 4 is 33.5 Å². The zero-order chi connectivity index (χ0) is 13.7. The van der Waals surface area contributed by atoms with Gasteiger partial charge in [0, 0.05) is 27.4 Å². The van der Waals surface area contributed by atoms with Crippen LogP contribution in [-0.2, 0) is 6.42 Å². The summed E-state index contributed by atoms with van der Waals surface area (Å²) in [6.45, 7) is 0. The highest BCUT2D eigenvalue weighted by Crippen LogP contribution is 2.27. The standard InChI is InChI=1S/C14H16BrN3S/c15-12-5-1-2-6-13(12)19-9-11(16)8-10-4-3-7-18-14(10)17/h1-7,11H,8-9,16H2,(H2,17,18). The molecule has 1 aromatic carbocycles. The summed E-state index contributed by atoms with van der Waals surface area (Å²) >= 11 is 5.28. The van der Waals surface area contributed by atoms with Gasteiger partial charge in [0.25, 0.3) is 0 Å². The summed E-state index contributed by atoms with van der Waals surface area (Å²) in [5, 5.41) is 0. The molecule has 0 fully saturated rings. The summed E-state index contributed by atoms with van der Waals surface area (Å²) in [4.78, 5) is 5.28. The minimum Gasteiger partial charge on any atom is -0.383 e. The molecule has 1 unspecified atom stereocenters. The van der Waals surface area contributed by atoms with Crippen LogP contribution in [0, 0.1) is 0 Å². The number of pyridine rings is 1. The van der Waals surface area contributed by atoms with Gasteiger partial charge in [0.15, 0.2) is 0 Å². The van der Waals surface area contributed by atoms with Crippen molar-refractivity contribution in [2.45, 2.75) is 17.4 Å². The van der Waals surface area contributed by atoms with E-state index in [1.807, 2.05) is 30.3 Å². The second kappa shape index (κ2) is 6.93. The zero-order valence-corrected chi connectivity index (χ0v) is 12.8. The minimum absolute atomic E-state index is 0.0589. The number of anilines is 1. The van der Waals surface area contributed by atoms with Gasteiger partial charge in [0.1, 0.15) is 5.82 Å². The van der Waals surface area contributed by atoms with Gasteiger partial charge >= 0.3 is 0 Å². The molecule has 2 rings (SSSR count). The van der Waals surface area contributed by atoms with Gasteiger partial charge in [-0.05, 0) is 46.1 Å². The maximum absolute atomic E-state index is 6.15. The average Bonchev–Trinajstić information content (AvgIpc) is 2.40. The molecule has 1 aromatic heterocycles. The molecule has 0 bridgehead atoms. The lowest BCUT2D eigenvalue weighted by Gasteiger charge is -2.13. The Balaban J connectivity index is 1.90. The summed E-state index contributed by atoms with van der Waals surface area (Å²) in [5.41, 5.74) is 13.0. The van der Waals surface area contributed by atoms with Crippen molar-refractivity contribution in [2.24, 2.45) is 5.73 Å². The second-order valence-electron chi connectivity index (χ2n) is 4.25. The Hall–Kier alpha value is -1.04. The molecule has 0 amide bonds. The third-order valence-electron chi connectivity index (χ3n) is 2.70. The molecule has 0 aliphatic heterocycles. The first-order chi connectivity index (χ1) is 9.16. The Labute approximate surface area is 125 Å². The fourth-order valence-corrected chi connectivity index (χ4v) is 3.24. The first-order valence-corrected chi connectivity index (χ1v) is 7.77. The fraction of sp³-hybridized carbons (Fsp3) is 0.214. The van der Waals surface area contributed by atoms with Gasteiger partial charge in [-0.15, -0.1) is 11.8 Å². The molecule has 0 saturated carbocycles. The van der Waals surface area contributed by atoms with Crippen LogP contribution in [0.1, 0.15) is 5.56 Å². The van der Waals surface area contributed by atoms with Crippen LogP contribution in [-0.4, -0.2) is 16.8 Å². The Bertz CT molecular complexity index is 548. The summed E-state index contributed by atoms with van der Waals surface area (Å²) in [6, 6.07) is 12.1. The number of nitrogens with two attached hydrogens (primary N) is 2. The number of hydrogen-bond acceptors (Lipinski definition) is 4. The summed E-state index contributed by atoms with van der Waals surface area (Å²) in [7, 11) is 0. The number of halogens is 1. The molecular weight excluding hydrogens is 322 g/mol. The lowest BCUT2D eigenvalue weighted by molar-refractivity contribution is 0.748. The van der Waals surface area contributed by atoms with E-state index >= 15 is 0 Å². The van der Waals surface area contributed by atoms with Crippen LogP contribution >= 0.6 is 27.7 Å². The number of aromatic nitrogens is 1. The highest BCUT2D eigenvalue weighted by Gasteiger charge is 2.09. The van der Waals surface area contributed by atoms with E-state index in [-0.39, 0.29) is 6.04 Å². The quantitative estimate of drug-likeness (QED) is 0.823. The van der Waals surface area contributed by atoms with Gasteiger partial charge in [-0.1, -0.05) is 18.2 Å². The van der Waals surface area contributed by atoms with Gasteiger partial charge in [-0.2, -0.15) is 0 Å². The number of hydrogen-bond donors (Lipinski definition) is 2. The van der Waals surface area contributed by atoms with Gasteiger partial charge < -0.3 is 11.5 Å². The van der Waals surface area contributed by atoms with E-state index in [1.165, 1.54) is 4.90 Å². The predicted octanol–water partition coefficient (Wildman–Crippen LogP) is 3.09. The topological polar surface area (TPSA) is 64.9 Å². The second-order valence-corrected chi connectivity index (χ2v) is 6.17. The van der Waals surface area contributed by atoms with Crippen molar-refractivity contribution < 1.29 is 0 Å². The molecule has 0 spiro atoms. The van der Waals surface area contributed by atoms with Crippen LogP contribution < -0.4 is 11.5 Å². The normalized spacial score (nSPS) is 12.3. The van der Waals surface area contributed by atoms with E-state index in [4.69, 9.17) is 11.5 Å². The van der Waals surface area contributed by atoms with Crippen LogP contribution in [0.3, 0.4) is 0 Å². The number of benzene rings is 1. The molecule has 3 nitrogen and oxygen atoms in total. The monoisotopic (exact) mass is 337 g/mol. The molecular formula is C14H16BrN3S. The van der Waals surface area contributed by atoms with Crippen LogP contribution in [0.15, 0.2) is 52.0 Å². The molecule has 0 aliphatic carbocycles. The summed E-state index contributed by atoms with van der Waals surface area (Å²) < 4.78 is 1.10. The minimum atomic E-state index is 0.0589. The molecule has 100 valence electrons. The average molecular weight is 338 g/mol. The van der Waals surface area contributed by atoms with E-state index in [0.29, 0.717) is 5.82 Å². The van der Waals surface area contributed by atoms with Gasteiger partial charge in [-0.3, -0.25) is 0 Å². The molecule has 0 saturated heterocycles. The van der Waals surface area contributed by atoms with Crippen molar-refractivity contribution in [3.63, 3.8) is 0 Å². The van der Waals surface area contributed by atoms with Crippen molar-refractivity contribution in [1.29, 1.82) is 0 Å². The van der Waals surface area contributed by atoms with Crippen molar-refractivity contribution in [1.82, 2.24) is 4.98 Å². The van der Waals surface area contributed by atoms with E-state index in [9.17, 15) is 0 Å². The first-order valence-electron chi connectivity index (χ1n) is 5.99. The van der Waals surface area contributed by atoms with Crippen LogP contribution in [0.25, 0.3) is 0 Å². The lowest BCUT2D eigenvalue weighted by atomic mass is 10.1. The third kappa shape index (κ3) is 4.23. The molecule has 4 N–H and O–H groups in total. The molecule has 19 heavy (non-hydrogen) atoms. The SMILES string of the molecule is Nc1ncccc1CC(N)CSc1ccccc1Br. The van der Waals surface area contributed by atoms with E-state index in [2.05, 4.69) is 27.0 Å². The number of rotatable bonds is 5. The molecule has 2 aromatic rings. The molecule has 1 atom stereocenters. The lowest BCUT2D eigenvalue weighted by Crippen LogP contribution is -2.26. The van der Waals surface area contributed by atoms with Crippen molar-refractivity contribution in [2.75, 3.05) is 11.5 Å². The van der Waals surface area contributed by atoms with Gasteiger partial charge in [-0.25, -0.2) is 4.98 Å². The van der Waals surface area contributed by atoms with Crippen molar-refractivity contribution in [3.05, 3.63) is 52.6 Å². The highest BCUT2D eigenvalue weighted by molar-refractivity contribution is 9.10. The smallest absolute Gasteiger partial charge is 0.126 e. The largest absolute Gasteiger partial charge is 0.383 e. The predicted molar refractivity (Wildman–Crippen MR) is 85.2 cm³/mol. The number of nitrogen functional groups attached to an aromatic ring is 1. The summed E-state index contributed by atoms with van der Waals surface area (Å²) in [5.74, 6) is 1.42. The Morgan fingerprint density at radius 1 is 1.21 bits per heavy atom. The molecule has 1 heterocycles. The molecule has 0 aliphatic rings. The Morgan fingerprint density at radius 2 is 2.00 bits per heavy atom. The fourth-order valence-electron chi connectivity index (χ4n) is 1.72. The van der Waals surface area contributed by atoms with E-state index in [1.54, 1.807) is 18.0 Å². The highest BCUT2D eigenvalue weighted by atomic mass is 79.9. The van der Waals surface area contributed by atoms with Crippen LogP contribution in [0.5, 0.6) is 0 Å². The summed E-state index contributed by atoms with van der Waals surface area (Å²) in [6.07, 6.45) is 2.44. The van der Waals surface area contributed by atoms with Gasteiger partial charge in [0.2, 0.25) is 0 Å². The van der Waals surface area contributed by atoms with Gasteiger partial charge in [0.05, 0.1) is 0 Å². The molecule has 5 heteroatoms. The Kier molecular flexibility index (Phi) is 5.24. The Morgan fingerprint density at radius 3 is 2.74 bits per heavy atom. The molecule has 0 radical (unpaired) electrons. The first kappa shape index (κ1) is 14.4. The maximum Gasteiger partial charge on any atom is 0.126 e. The van der Waals surface area contributed by atoms with E-state index < -0.39 is 0 Å². The van der Waals surface area contributed by atoms with Crippen molar-refractivity contribution in [3.8, 4) is 0 Å². The van der Waals surface area contributed by atoms with E-state index in [0.717, 1.165) is 22.2 Å². The van der Waals surface area contributed by atoms with Crippen LogP contribution in [0.2, 0.25) is 0 Å². The zero-order valence-electron chi connectivity index (χ0n) is 10.4. The maximum atomic E-state index is 6.15.